The summed E-state index contributed by atoms with van der Waals surface area (Å²) < 4.78 is 4.92. The van der Waals surface area contributed by atoms with Crippen molar-refractivity contribution in [1.29, 1.82) is 0 Å². The van der Waals surface area contributed by atoms with Crippen LogP contribution in [0.1, 0.15) is 12.5 Å². The van der Waals surface area contributed by atoms with E-state index in [0.29, 0.717) is 11.3 Å². The van der Waals surface area contributed by atoms with Crippen molar-refractivity contribution in [1.82, 2.24) is 0 Å². The molecular weight excluding hydrogens is 180 g/mol. The fourth-order valence-electron chi connectivity index (χ4n) is 0.990. The summed E-state index contributed by atoms with van der Waals surface area (Å²) in [5.74, 6) is 0.0485. The van der Waals surface area contributed by atoms with Crippen molar-refractivity contribution in [3.8, 4) is 5.75 Å². The monoisotopic (exact) mass is 189 g/mol. The highest BCUT2D eigenvalue weighted by molar-refractivity contribution is 5.77. The van der Waals surface area contributed by atoms with Crippen molar-refractivity contribution < 1.29 is 14.3 Å². The van der Waals surface area contributed by atoms with Gasteiger partial charge in [-0.05, 0) is 18.2 Å². The van der Waals surface area contributed by atoms with Crippen LogP contribution < -0.4 is 4.74 Å². The number of benzene rings is 1. The lowest BCUT2D eigenvalue weighted by molar-refractivity contribution is -0.131. The fraction of sp³-hybridized carbons (Fsp3) is 0.0909. The number of ether oxygens (including phenoxy) is 1. The van der Waals surface area contributed by atoms with Crippen LogP contribution in [0.5, 0.6) is 5.75 Å². The first-order valence-electron chi connectivity index (χ1n) is 4.05. The lowest BCUT2D eigenvalue weighted by Gasteiger charge is -2.03. The Labute approximate surface area is 82.0 Å². The number of hydrogen-bond donors (Lipinski definition) is 0. The van der Waals surface area contributed by atoms with E-state index in [1.807, 2.05) is 0 Å². The summed E-state index contributed by atoms with van der Waals surface area (Å²) in [5.41, 5.74) is 0.672. The molecule has 0 aliphatic carbocycles. The number of allylic oxidation sites excluding steroid dienone is 1. The second-order valence-electron chi connectivity index (χ2n) is 2.58. The molecule has 1 aromatic carbocycles. The Balaban J connectivity index is 2.96. The van der Waals surface area contributed by atoms with Crippen molar-refractivity contribution in [2.45, 2.75) is 6.92 Å². The Bertz CT molecular complexity index is 367. The second-order valence-corrected chi connectivity index (χ2v) is 2.58. The molecule has 14 heavy (non-hydrogen) atoms. The number of hydrogen-bond acceptors (Lipinski definition) is 3. The van der Waals surface area contributed by atoms with Crippen LogP contribution in [-0.4, -0.2) is 12.3 Å². The molecule has 3 nitrogen and oxygen atoms in total. The Morgan fingerprint density at radius 1 is 1.43 bits per heavy atom. The average Bonchev–Trinajstić information content (AvgIpc) is 2.16. The maximum absolute atomic E-state index is 10.7. The lowest BCUT2D eigenvalue weighted by Crippen LogP contribution is -2.02. The predicted octanol–water partition coefficient (Wildman–Crippen LogP) is 1.73. The topological polar surface area (TPSA) is 43.4 Å². The normalized spacial score (nSPS) is 10.1. The van der Waals surface area contributed by atoms with Gasteiger partial charge in [0.15, 0.2) is 0 Å². The standard InChI is InChI=1S/C11H9O3/c1-9(13)14-11-7-3-2-5-10(11)6-4-8-12/h2-7H,1H3/b6-4+. The minimum atomic E-state index is -0.388. The summed E-state index contributed by atoms with van der Waals surface area (Å²) in [5, 5.41) is 0. The first-order chi connectivity index (χ1) is 6.74. The van der Waals surface area contributed by atoms with Crippen LogP contribution in [0, 0.1) is 0 Å². The van der Waals surface area contributed by atoms with E-state index in [4.69, 9.17) is 4.74 Å². The largest absolute Gasteiger partial charge is 0.426 e. The van der Waals surface area contributed by atoms with E-state index in [2.05, 4.69) is 0 Å². The average molecular weight is 189 g/mol. The molecule has 0 heterocycles. The van der Waals surface area contributed by atoms with Crippen LogP contribution in [0.2, 0.25) is 0 Å². The molecule has 0 unspecified atom stereocenters. The maximum atomic E-state index is 10.7. The summed E-state index contributed by atoms with van der Waals surface area (Å²) in [6.45, 7) is 1.33. The van der Waals surface area contributed by atoms with Crippen LogP contribution in [0.25, 0.3) is 6.08 Å². The quantitative estimate of drug-likeness (QED) is 0.413. The first-order valence-corrected chi connectivity index (χ1v) is 4.05. The number of rotatable bonds is 3. The summed E-state index contributed by atoms with van der Waals surface area (Å²) >= 11 is 0. The van der Waals surface area contributed by atoms with Gasteiger partial charge in [-0.3, -0.25) is 9.59 Å². The molecule has 0 N–H and O–H groups in total. The third-order valence-corrected chi connectivity index (χ3v) is 1.50. The molecule has 1 rings (SSSR count). The van der Waals surface area contributed by atoms with Gasteiger partial charge < -0.3 is 4.74 Å². The van der Waals surface area contributed by atoms with Gasteiger partial charge in [-0.25, -0.2) is 0 Å². The molecular formula is C11H9O3. The number of esters is 1. The van der Waals surface area contributed by atoms with Crippen molar-refractivity contribution in [2.75, 3.05) is 0 Å². The summed E-state index contributed by atoms with van der Waals surface area (Å²) in [6, 6.07) is 6.94. The number of carbonyl (C=O) groups is 1. The van der Waals surface area contributed by atoms with Gasteiger partial charge in [-0.2, -0.15) is 0 Å². The van der Waals surface area contributed by atoms with Gasteiger partial charge in [0.1, 0.15) is 5.75 Å². The molecule has 0 aliphatic rings. The van der Waals surface area contributed by atoms with Gasteiger partial charge in [0.25, 0.3) is 0 Å². The molecule has 1 radical (unpaired) electrons. The summed E-state index contributed by atoms with van der Waals surface area (Å²) in [6.07, 6.45) is 4.38. The molecule has 0 spiro atoms. The van der Waals surface area contributed by atoms with E-state index in [-0.39, 0.29) is 5.97 Å². The van der Waals surface area contributed by atoms with Crippen molar-refractivity contribution in [3.63, 3.8) is 0 Å². The van der Waals surface area contributed by atoms with Gasteiger partial charge in [0.2, 0.25) is 6.29 Å². The molecule has 0 atom stereocenters. The summed E-state index contributed by atoms with van der Waals surface area (Å²) in [4.78, 5) is 20.7. The Hall–Kier alpha value is -1.90. The van der Waals surface area contributed by atoms with Crippen molar-refractivity contribution >= 4 is 18.3 Å². The van der Waals surface area contributed by atoms with E-state index < -0.39 is 0 Å². The van der Waals surface area contributed by atoms with Gasteiger partial charge >= 0.3 is 5.97 Å². The van der Waals surface area contributed by atoms with E-state index in [1.165, 1.54) is 19.1 Å². The zero-order valence-electron chi connectivity index (χ0n) is 7.69. The van der Waals surface area contributed by atoms with Gasteiger partial charge in [-0.1, -0.05) is 18.2 Å². The molecule has 0 amide bonds. The third kappa shape index (κ3) is 2.86. The second kappa shape index (κ2) is 4.97. The molecule has 3 heteroatoms. The fourth-order valence-corrected chi connectivity index (χ4v) is 0.990. The highest BCUT2D eigenvalue weighted by atomic mass is 16.5. The van der Waals surface area contributed by atoms with E-state index >= 15 is 0 Å². The van der Waals surface area contributed by atoms with Crippen LogP contribution in [-0.2, 0) is 9.59 Å². The number of carbonyl (C=O) groups excluding carboxylic acids is 2. The van der Waals surface area contributed by atoms with Crippen LogP contribution in [0.3, 0.4) is 0 Å². The molecule has 1 aromatic rings. The van der Waals surface area contributed by atoms with Crippen LogP contribution >= 0.6 is 0 Å². The predicted molar refractivity (Wildman–Crippen MR) is 52.5 cm³/mol. The maximum Gasteiger partial charge on any atom is 0.308 e. The molecule has 0 bridgehead atoms. The van der Waals surface area contributed by atoms with Gasteiger partial charge in [-0.15, -0.1) is 0 Å². The minimum Gasteiger partial charge on any atom is -0.426 e. The molecule has 0 saturated heterocycles. The van der Waals surface area contributed by atoms with E-state index in [9.17, 15) is 9.59 Å². The molecule has 0 aromatic heterocycles. The number of para-hydroxylation sites is 1. The smallest absolute Gasteiger partial charge is 0.308 e. The molecule has 0 aliphatic heterocycles. The van der Waals surface area contributed by atoms with Gasteiger partial charge in [0, 0.05) is 12.5 Å². The summed E-state index contributed by atoms with van der Waals surface area (Å²) in [7, 11) is 0. The van der Waals surface area contributed by atoms with Crippen molar-refractivity contribution in [3.05, 3.63) is 35.9 Å². The minimum absolute atomic E-state index is 0.388. The molecule has 71 valence electrons. The zero-order valence-corrected chi connectivity index (χ0v) is 7.69. The highest BCUT2D eigenvalue weighted by Gasteiger charge is 2.01. The van der Waals surface area contributed by atoms with Gasteiger partial charge in [0.05, 0.1) is 0 Å². The highest BCUT2D eigenvalue weighted by Crippen LogP contribution is 2.19. The molecule has 0 saturated carbocycles. The Morgan fingerprint density at radius 2 is 2.14 bits per heavy atom. The van der Waals surface area contributed by atoms with Crippen LogP contribution in [0.15, 0.2) is 30.3 Å². The Kier molecular flexibility index (Phi) is 3.61. The first kappa shape index (κ1) is 10.2. The third-order valence-electron chi connectivity index (χ3n) is 1.50. The lowest BCUT2D eigenvalue weighted by atomic mass is 10.2. The van der Waals surface area contributed by atoms with E-state index in [1.54, 1.807) is 30.6 Å². The Morgan fingerprint density at radius 3 is 2.79 bits per heavy atom. The SMILES string of the molecule is CC(=O)Oc1ccccc1/C=C/[C]=O. The van der Waals surface area contributed by atoms with E-state index in [0.717, 1.165) is 0 Å². The van der Waals surface area contributed by atoms with Crippen LogP contribution in [0.4, 0.5) is 0 Å². The molecule has 0 fully saturated rings. The zero-order chi connectivity index (χ0) is 10.4. The van der Waals surface area contributed by atoms with Crippen molar-refractivity contribution in [2.24, 2.45) is 0 Å².